The van der Waals surface area contributed by atoms with Crippen LogP contribution in [0.2, 0.25) is 0 Å². The molecule has 0 bridgehead atoms. The van der Waals surface area contributed by atoms with E-state index in [0.717, 1.165) is 26.9 Å². The van der Waals surface area contributed by atoms with Crippen LogP contribution >= 0.6 is 0 Å². The Labute approximate surface area is 180 Å². The van der Waals surface area contributed by atoms with Crippen LogP contribution < -0.4 is 16.0 Å². The Morgan fingerprint density at radius 1 is 1.06 bits per heavy atom. The topological polar surface area (TPSA) is 124 Å². The first kappa shape index (κ1) is 22.4. The molecule has 0 atom stereocenters. The number of aromatic nitrogens is 2. The van der Waals surface area contributed by atoms with E-state index >= 15 is 0 Å². The first-order valence-corrected chi connectivity index (χ1v) is 11.2. The van der Waals surface area contributed by atoms with Crippen molar-refractivity contribution in [1.29, 1.82) is 0 Å². The fraction of sp³-hybridized carbons (Fsp3) is 0.227. The second-order valence-corrected chi connectivity index (χ2v) is 8.88. The van der Waals surface area contributed by atoms with E-state index in [0.29, 0.717) is 18.7 Å². The number of primary sulfonamides is 1. The van der Waals surface area contributed by atoms with Crippen molar-refractivity contribution >= 4 is 15.9 Å². The Morgan fingerprint density at radius 3 is 2.45 bits per heavy atom. The molecule has 0 aliphatic carbocycles. The van der Waals surface area contributed by atoms with Crippen molar-refractivity contribution in [2.45, 2.75) is 31.7 Å². The maximum Gasteiger partial charge on any atom is 0.267 e. The molecule has 8 nitrogen and oxygen atoms in total. The van der Waals surface area contributed by atoms with E-state index in [1.165, 1.54) is 18.2 Å². The predicted molar refractivity (Wildman–Crippen MR) is 118 cm³/mol. The number of nitrogens with two attached hydrogens (primary N) is 1. The highest BCUT2D eigenvalue weighted by Gasteiger charge is 2.10. The van der Waals surface area contributed by atoms with Crippen LogP contribution in [0, 0.1) is 13.8 Å². The van der Waals surface area contributed by atoms with Crippen molar-refractivity contribution < 1.29 is 13.2 Å². The molecule has 0 aliphatic rings. The molecule has 1 heterocycles. The Hall–Kier alpha value is -3.30. The van der Waals surface area contributed by atoms with Gasteiger partial charge in [-0.25, -0.2) is 18.2 Å². The molecule has 0 saturated carbocycles. The number of hydrogen-bond donors (Lipinski definition) is 2. The van der Waals surface area contributed by atoms with Gasteiger partial charge in [-0.3, -0.25) is 9.59 Å². The van der Waals surface area contributed by atoms with E-state index in [9.17, 15) is 18.0 Å². The molecule has 162 valence electrons. The summed E-state index contributed by atoms with van der Waals surface area (Å²) in [5.41, 5.74) is 4.14. The van der Waals surface area contributed by atoms with Crippen molar-refractivity contribution in [3.63, 3.8) is 0 Å². The number of nitrogens with zero attached hydrogens (tertiary/aromatic N) is 2. The molecule has 0 saturated heterocycles. The molecular formula is C22H24N4O4S. The third-order valence-corrected chi connectivity index (χ3v) is 5.75. The van der Waals surface area contributed by atoms with Crippen LogP contribution in [-0.4, -0.2) is 30.7 Å². The second-order valence-electron chi connectivity index (χ2n) is 7.32. The predicted octanol–water partition coefficient (Wildman–Crippen LogP) is 1.53. The van der Waals surface area contributed by atoms with E-state index in [2.05, 4.69) is 10.4 Å². The summed E-state index contributed by atoms with van der Waals surface area (Å²) in [6.07, 6.45) is 0.501. The molecule has 3 N–H and O–H groups in total. The quantitative estimate of drug-likeness (QED) is 0.577. The minimum atomic E-state index is -3.73. The molecule has 0 radical (unpaired) electrons. The molecule has 0 unspecified atom stereocenters. The van der Waals surface area contributed by atoms with Crippen LogP contribution in [0.4, 0.5) is 0 Å². The van der Waals surface area contributed by atoms with Crippen molar-refractivity contribution in [3.8, 4) is 11.3 Å². The fourth-order valence-electron chi connectivity index (χ4n) is 3.10. The maximum absolute atomic E-state index is 12.3. The third kappa shape index (κ3) is 5.87. The Bertz CT molecular complexity index is 1270. The zero-order valence-corrected chi connectivity index (χ0v) is 18.1. The lowest BCUT2D eigenvalue weighted by Crippen LogP contribution is -2.34. The van der Waals surface area contributed by atoms with Gasteiger partial charge in [0.15, 0.2) is 0 Å². The van der Waals surface area contributed by atoms with E-state index < -0.39 is 10.0 Å². The minimum absolute atomic E-state index is 0.0365. The molecule has 31 heavy (non-hydrogen) atoms. The SMILES string of the molecule is Cc1ccc(C)c(-c2ccc(=O)n(CC(=O)NCCc3ccc(S(N)(=O)=O)cc3)n2)c1. The largest absolute Gasteiger partial charge is 0.354 e. The monoisotopic (exact) mass is 440 g/mol. The molecule has 1 aromatic heterocycles. The maximum atomic E-state index is 12.3. The van der Waals surface area contributed by atoms with E-state index in [4.69, 9.17) is 5.14 Å². The molecule has 1 amide bonds. The van der Waals surface area contributed by atoms with Crippen LogP contribution in [0.15, 0.2) is 64.3 Å². The lowest BCUT2D eigenvalue weighted by molar-refractivity contribution is -0.121. The van der Waals surface area contributed by atoms with Gasteiger partial charge in [0.1, 0.15) is 6.54 Å². The average molecular weight is 441 g/mol. The number of sulfonamides is 1. The first-order valence-electron chi connectivity index (χ1n) is 9.68. The van der Waals surface area contributed by atoms with E-state index in [1.54, 1.807) is 18.2 Å². The standard InChI is InChI=1S/C22H24N4O4S/c1-15-3-4-16(2)19(13-15)20-9-10-22(28)26(25-20)14-21(27)24-12-11-17-5-7-18(8-6-17)31(23,29)30/h3-10,13H,11-12,14H2,1-2H3,(H,24,27)(H2,23,29,30). The average Bonchev–Trinajstić information content (AvgIpc) is 2.71. The highest BCUT2D eigenvalue weighted by Crippen LogP contribution is 2.21. The van der Waals surface area contributed by atoms with Crippen LogP contribution in [0.1, 0.15) is 16.7 Å². The van der Waals surface area contributed by atoms with Gasteiger partial charge in [0.05, 0.1) is 10.6 Å². The van der Waals surface area contributed by atoms with E-state index in [1.807, 2.05) is 32.0 Å². The zero-order chi connectivity index (χ0) is 22.6. The van der Waals surface area contributed by atoms with Crippen LogP contribution in [-0.2, 0) is 27.8 Å². The molecule has 9 heteroatoms. The van der Waals surface area contributed by atoms with Gasteiger partial charge >= 0.3 is 0 Å². The zero-order valence-electron chi connectivity index (χ0n) is 17.3. The Balaban J connectivity index is 1.63. The van der Waals surface area contributed by atoms with Gasteiger partial charge in [0.25, 0.3) is 5.56 Å². The number of aryl methyl sites for hydroxylation is 2. The van der Waals surface area contributed by atoms with Crippen molar-refractivity contribution in [2.24, 2.45) is 5.14 Å². The fourth-order valence-corrected chi connectivity index (χ4v) is 3.62. The molecule has 3 rings (SSSR count). The summed E-state index contributed by atoms with van der Waals surface area (Å²) in [6, 6.07) is 15.2. The summed E-state index contributed by atoms with van der Waals surface area (Å²) in [7, 11) is -3.73. The lowest BCUT2D eigenvalue weighted by Gasteiger charge is -2.10. The summed E-state index contributed by atoms with van der Waals surface area (Å²) in [5.74, 6) is -0.339. The second kappa shape index (κ2) is 9.23. The molecular weight excluding hydrogens is 416 g/mol. The normalized spacial score (nSPS) is 11.3. The number of benzene rings is 2. The van der Waals surface area contributed by atoms with E-state index in [-0.39, 0.29) is 22.9 Å². The Kier molecular flexibility index (Phi) is 6.67. The van der Waals surface area contributed by atoms with Crippen LogP contribution in [0.3, 0.4) is 0 Å². The van der Waals surface area contributed by atoms with Gasteiger partial charge in [-0.05, 0) is 55.7 Å². The number of rotatable bonds is 7. The molecule has 0 aliphatic heterocycles. The number of nitrogens with one attached hydrogen (secondary N) is 1. The number of hydrogen-bond acceptors (Lipinski definition) is 5. The molecule has 3 aromatic rings. The Morgan fingerprint density at radius 2 is 1.77 bits per heavy atom. The summed E-state index contributed by atoms with van der Waals surface area (Å²) in [4.78, 5) is 24.5. The number of carbonyl (C=O) groups excluding carboxylic acids is 1. The smallest absolute Gasteiger partial charge is 0.267 e. The van der Waals surface area contributed by atoms with Crippen molar-refractivity contribution in [1.82, 2.24) is 15.1 Å². The highest BCUT2D eigenvalue weighted by molar-refractivity contribution is 7.89. The van der Waals surface area contributed by atoms with Gasteiger partial charge in [-0.1, -0.05) is 29.8 Å². The molecule has 2 aromatic carbocycles. The molecule has 0 fully saturated rings. The lowest BCUT2D eigenvalue weighted by atomic mass is 10.0. The first-order chi connectivity index (χ1) is 14.6. The van der Waals surface area contributed by atoms with Crippen molar-refractivity contribution in [2.75, 3.05) is 6.54 Å². The third-order valence-electron chi connectivity index (χ3n) is 4.82. The number of carbonyl (C=O) groups is 1. The summed E-state index contributed by atoms with van der Waals surface area (Å²) in [5, 5.41) is 12.2. The van der Waals surface area contributed by atoms with Gasteiger partial charge in [0.2, 0.25) is 15.9 Å². The van der Waals surface area contributed by atoms with Gasteiger partial charge in [-0.15, -0.1) is 0 Å². The highest BCUT2D eigenvalue weighted by atomic mass is 32.2. The van der Waals surface area contributed by atoms with Gasteiger partial charge < -0.3 is 5.32 Å². The van der Waals surface area contributed by atoms with Crippen LogP contribution in [0.5, 0.6) is 0 Å². The van der Waals surface area contributed by atoms with Crippen LogP contribution in [0.25, 0.3) is 11.3 Å². The van der Waals surface area contributed by atoms with Gasteiger partial charge in [-0.2, -0.15) is 5.10 Å². The van der Waals surface area contributed by atoms with Gasteiger partial charge in [0, 0.05) is 18.2 Å². The van der Waals surface area contributed by atoms with Crippen molar-refractivity contribution in [3.05, 3.63) is 81.6 Å². The number of amides is 1. The summed E-state index contributed by atoms with van der Waals surface area (Å²) in [6.45, 7) is 4.09. The summed E-state index contributed by atoms with van der Waals surface area (Å²) >= 11 is 0. The summed E-state index contributed by atoms with van der Waals surface area (Å²) < 4.78 is 23.7. The molecule has 0 spiro atoms. The minimum Gasteiger partial charge on any atom is -0.354 e.